The minimum absolute atomic E-state index is 0.185. The summed E-state index contributed by atoms with van der Waals surface area (Å²) in [4.78, 5) is 19.2. The Hall–Kier alpha value is -1.97. The van der Waals surface area contributed by atoms with Crippen molar-refractivity contribution in [2.75, 3.05) is 6.54 Å². The molecule has 0 bridgehead atoms. The second kappa shape index (κ2) is 7.33. The number of hydrogen-bond donors (Lipinski definition) is 1. The summed E-state index contributed by atoms with van der Waals surface area (Å²) in [7, 11) is 0. The van der Waals surface area contributed by atoms with Gasteiger partial charge in [-0.05, 0) is 19.4 Å². The lowest BCUT2D eigenvalue weighted by molar-refractivity contribution is 0.0953. The minimum Gasteiger partial charge on any atom is -0.347 e. The molecule has 1 heterocycles. The maximum atomic E-state index is 11.6. The molecule has 0 radical (unpaired) electrons. The SMILES string of the molecule is C/C=C(/C=C\CNC(=O)c1ccncn1)CC. The average Bonchev–Trinajstić information content (AvgIpc) is 2.40. The minimum atomic E-state index is -0.185. The average molecular weight is 231 g/mol. The normalized spacial score (nSPS) is 11.8. The molecule has 0 aromatic carbocycles. The smallest absolute Gasteiger partial charge is 0.270 e. The summed E-state index contributed by atoms with van der Waals surface area (Å²) >= 11 is 0. The molecule has 1 aromatic heterocycles. The highest BCUT2D eigenvalue weighted by molar-refractivity contribution is 5.92. The summed E-state index contributed by atoms with van der Waals surface area (Å²) in [6, 6.07) is 1.59. The van der Waals surface area contributed by atoms with Crippen molar-refractivity contribution in [3.05, 3.63) is 48.1 Å². The van der Waals surface area contributed by atoms with Crippen molar-refractivity contribution in [1.29, 1.82) is 0 Å². The van der Waals surface area contributed by atoms with E-state index in [1.807, 2.05) is 19.1 Å². The molecular weight excluding hydrogens is 214 g/mol. The molecule has 0 unspecified atom stereocenters. The van der Waals surface area contributed by atoms with Crippen molar-refractivity contribution in [1.82, 2.24) is 15.3 Å². The Bertz CT molecular complexity index is 410. The van der Waals surface area contributed by atoms with Crippen molar-refractivity contribution >= 4 is 5.91 Å². The van der Waals surface area contributed by atoms with E-state index in [1.54, 1.807) is 12.3 Å². The van der Waals surface area contributed by atoms with Crippen LogP contribution in [0, 0.1) is 0 Å². The highest BCUT2D eigenvalue weighted by Crippen LogP contribution is 2.00. The number of aromatic nitrogens is 2. The fraction of sp³-hybridized carbons (Fsp3) is 0.308. The molecule has 1 rings (SSSR count). The van der Waals surface area contributed by atoms with Crippen LogP contribution in [-0.4, -0.2) is 22.4 Å². The van der Waals surface area contributed by atoms with E-state index in [0.29, 0.717) is 12.2 Å². The molecule has 0 saturated carbocycles. The second-order valence-corrected chi connectivity index (χ2v) is 3.42. The Morgan fingerprint density at radius 3 is 2.94 bits per heavy atom. The monoisotopic (exact) mass is 231 g/mol. The van der Waals surface area contributed by atoms with Crippen molar-refractivity contribution in [2.24, 2.45) is 0 Å². The fourth-order valence-electron chi connectivity index (χ4n) is 1.30. The van der Waals surface area contributed by atoms with Gasteiger partial charge in [-0.3, -0.25) is 4.79 Å². The topological polar surface area (TPSA) is 54.9 Å². The van der Waals surface area contributed by atoms with Crippen LogP contribution in [0.25, 0.3) is 0 Å². The maximum Gasteiger partial charge on any atom is 0.270 e. The zero-order chi connectivity index (χ0) is 12.5. The fourth-order valence-corrected chi connectivity index (χ4v) is 1.30. The standard InChI is InChI=1S/C13H17N3O/c1-3-11(4-2)6-5-8-15-13(17)12-7-9-14-10-16-12/h3,5-7,9-10H,4,8H2,1-2H3,(H,15,17)/b6-5-,11-3+. The summed E-state index contributed by atoms with van der Waals surface area (Å²) in [5.74, 6) is -0.185. The van der Waals surface area contributed by atoms with Crippen LogP contribution < -0.4 is 5.32 Å². The maximum absolute atomic E-state index is 11.6. The van der Waals surface area contributed by atoms with E-state index in [0.717, 1.165) is 6.42 Å². The van der Waals surface area contributed by atoms with E-state index in [2.05, 4.69) is 28.3 Å². The van der Waals surface area contributed by atoms with Gasteiger partial charge >= 0.3 is 0 Å². The Labute approximate surface area is 101 Å². The summed E-state index contributed by atoms with van der Waals surface area (Å²) in [6.07, 6.45) is 9.90. The zero-order valence-corrected chi connectivity index (χ0v) is 10.2. The van der Waals surface area contributed by atoms with Crippen LogP contribution >= 0.6 is 0 Å². The van der Waals surface area contributed by atoms with E-state index < -0.39 is 0 Å². The van der Waals surface area contributed by atoms with Gasteiger partial charge in [0.2, 0.25) is 0 Å². The summed E-state index contributed by atoms with van der Waals surface area (Å²) in [5.41, 5.74) is 1.64. The van der Waals surface area contributed by atoms with Gasteiger partial charge < -0.3 is 5.32 Å². The highest BCUT2D eigenvalue weighted by Gasteiger charge is 2.03. The number of carbonyl (C=O) groups excluding carboxylic acids is 1. The Morgan fingerprint density at radius 1 is 1.53 bits per heavy atom. The Balaban J connectivity index is 2.40. The van der Waals surface area contributed by atoms with E-state index in [4.69, 9.17) is 0 Å². The number of nitrogens with one attached hydrogen (secondary N) is 1. The third kappa shape index (κ3) is 4.59. The molecule has 17 heavy (non-hydrogen) atoms. The Kier molecular flexibility index (Phi) is 5.64. The van der Waals surface area contributed by atoms with Gasteiger partial charge in [-0.15, -0.1) is 0 Å². The quantitative estimate of drug-likeness (QED) is 0.790. The summed E-state index contributed by atoms with van der Waals surface area (Å²) < 4.78 is 0. The second-order valence-electron chi connectivity index (χ2n) is 3.42. The first kappa shape index (κ1) is 13.1. The largest absolute Gasteiger partial charge is 0.347 e. The Morgan fingerprint density at radius 2 is 2.35 bits per heavy atom. The van der Waals surface area contributed by atoms with Gasteiger partial charge in [0.15, 0.2) is 0 Å². The molecule has 4 heteroatoms. The first-order valence-corrected chi connectivity index (χ1v) is 5.63. The lowest BCUT2D eigenvalue weighted by Gasteiger charge is -2.00. The molecule has 0 atom stereocenters. The van der Waals surface area contributed by atoms with Crippen molar-refractivity contribution < 1.29 is 4.79 Å². The molecule has 1 amide bonds. The van der Waals surface area contributed by atoms with E-state index in [9.17, 15) is 4.79 Å². The van der Waals surface area contributed by atoms with Crippen LogP contribution in [0.4, 0.5) is 0 Å². The first-order chi connectivity index (χ1) is 8.27. The van der Waals surface area contributed by atoms with Crippen LogP contribution in [0.2, 0.25) is 0 Å². The zero-order valence-electron chi connectivity index (χ0n) is 10.2. The van der Waals surface area contributed by atoms with Crippen molar-refractivity contribution in [3.8, 4) is 0 Å². The molecule has 0 aliphatic rings. The van der Waals surface area contributed by atoms with E-state index >= 15 is 0 Å². The number of rotatable bonds is 5. The molecule has 1 N–H and O–H groups in total. The lowest BCUT2D eigenvalue weighted by Crippen LogP contribution is -2.24. The molecule has 0 aliphatic heterocycles. The van der Waals surface area contributed by atoms with Gasteiger partial charge in [0.1, 0.15) is 12.0 Å². The molecule has 0 aliphatic carbocycles. The summed E-state index contributed by atoms with van der Waals surface area (Å²) in [5, 5.41) is 2.76. The van der Waals surface area contributed by atoms with Gasteiger partial charge in [-0.2, -0.15) is 0 Å². The third-order valence-electron chi connectivity index (χ3n) is 2.31. The van der Waals surface area contributed by atoms with Gasteiger partial charge in [0.25, 0.3) is 5.91 Å². The molecule has 90 valence electrons. The van der Waals surface area contributed by atoms with E-state index in [1.165, 1.54) is 11.9 Å². The van der Waals surface area contributed by atoms with Gasteiger partial charge in [-0.1, -0.05) is 30.7 Å². The van der Waals surface area contributed by atoms with Gasteiger partial charge in [0.05, 0.1) is 0 Å². The molecular formula is C13H17N3O. The third-order valence-corrected chi connectivity index (χ3v) is 2.31. The number of allylic oxidation sites excluding steroid dienone is 3. The number of nitrogens with zero attached hydrogens (tertiary/aromatic N) is 2. The number of hydrogen-bond acceptors (Lipinski definition) is 3. The van der Waals surface area contributed by atoms with Crippen LogP contribution in [0.15, 0.2) is 42.4 Å². The first-order valence-electron chi connectivity index (χ1n) is 5.63. The molecule has 0 saturated heterocycles. The van der Waals surface area contributed by atoms with Gasteiger partial charge in [0, 0.05) is 12.7 Å². The van der Waals surface area contributed by atoms with Crippen LogP contribution in [0.5, 0.6) is 0 Å². The predicted molar refractivity (Wildman–Crippen MR) is 67.6 cm³/mol. The molecule has 4 nitrogen and oxygen atoms in total. The van der Waals surface area contributed by atoms with Crippen molar-refractivity contribution in [3.63, 3.8) is 0 Å². The van der Waals surface area contributed by atoms with Crippen LogP contribution in [-0.2, 0) is 0 Å². The van der Waals surface area contributed by atoms with Crippen molar-refractivity contribution in [2.45, 2.75) is 20.3 Å². The highest BCUT2D eigenvalue weighted by atomic mass is 16.1. The summed E-state index contributed by atoms with van der Waals surface area (Å²) in [6.45, 7) is 4.60. The van der Waals surface area contributed by atoms with Crippen LogP contribution in [0.3, 0.4) is 0 Å². The predicted octanol–water partition coefficient (Wildman–Crippen LogP) is 2.12. The molecule has 0 fully saturated rings. The van der Waals surface area contributed by atoms with Crippen LogP contribution in [0.1, 0.15) is 30.8 Å². The lowest BCUT2D eigenvalue weighted by atomic mass is 10.2. The number of carbonyl (C=O) groups is 1. The molecule has 0 spiro atoms. The number of amides is 1. The van der Waals surface area contributed by atoms with Gasteiger partial charge in [-0.25, -0.2) is 9.97 Å². The molecule has 1 aromatic rings. The van der Waals surface area contributed by atoms with E-state index in [-0.39, 0.29) is 5.91 Å².